The van der Waals surface area contributed by atoms with Gasteiger partial charge in [0.25, 0.3) is 0 Å². The Morgan fingerprint density at radius 1 is 0.917 bits per heavy atom. The third kappa shape index (κ3) is 3.92. The zero-order valence-electron chi connectivity index (χ0n) is 15.9. The highest BCUT2D eigenvalue weighted by molar-refractivity contribution is 5.53. The summed E-state index contributed by atoms with van der Waals surface area (Å²) >= 11 is 0. The predicted molar refractivity (Wildman–Crippen MR) is 101 cm³/mol. The molecule has 0 aliphatic carbocycles. The molecule has 2 nitrogen and oxygen atoms in total. The van der Waals surface area contributed by atoms with Gasteiger partial charge in [-0.1, -0.05) is 55.7 Å². The second kappa shape index (κ2) is 7.74. The molecule has 0 aliphatic rings. The second-order valence-electron chi connectivity index (χ2n) is 6.94. The first kappa shape index (κ1) is 18.4. The van der Waals surface area contributed by atoms with Crippen LogP contribution in [0.4, 0.5) is 0 Å². The molecule has 0 aliphatic heterocycles. The number of ether oxygens (including phenoxy) is 1. The van der Waals surface area contributed by atoms with Crippen molar-refractivity contribution in [1.82, 2.24) is 0 Å². The molecule has 0 radical (unpaired) electrons. The molecule has 0 spiro atoms. The van der Waals surface area contributed by atoms with Crippen molar-refractivity contribution in [2.24, 2.45) is 0 Å². The monoisotopic (exact) mass is 326 g/mol. The van der Waals surface area contributed by atoms with Gasteiger partial charge >= 0.3 is 0 Å². The summed E-state index contributed by atoms with van der Waals surface area (Å²) in [4.78, 5) is 0. The average molecular weight is 326 g/mol. The molecule has 2 heteroatoms. The standard InChI is InChI=1S/C22H30O2/c1-7-8-9-24-22-17(5)11-15(3)13-20(22)18(6)19-12-14(2)10-16(4)21(19)23/h10-13,18,23H,7-9H2,1-6H3. The summed E-state index contributed by atoms with van der Waals surface area (Å²) < 4.78 is 6.12. The van der Waals surface area contributed by atoms with Crippen molar-refractivity contribution in [2.45, 2.75) is 60.3 Å². The van der Waals surface area contributed by atoms with Crippen LogP contribution in [0.25, 0.3) is 0 Å². The molecule has 0 fully saturated rings. The Balaban J connectivity index is 2.50. The van der Waals surface area contributed by atoms with Crippen LogP contribution in [-0.4, -0.2) is 11.7 Å². The van der Waals surface area contributed by atoms with Gasteiger partial charge in [0.05, 0.1) is 6.61 Å². The third-order valence-electron chi connectivity index (χ3n) is 4.60. The van der Waals surface area contributed by atoms with Gasteiger partial charge in [0, 0.05) is 17.0 Å². The van der Waals surface area contributed by atoms with Crippen LogP contribution in [0.5, 0.6) is 11.5 Å². The number of rotatable bonds is 6. The highest BCUT2D eigenvalue weighted by Gasteiger charge is 2.20. The largest absolute Gasteiger partial charge is 0.507 e. The number of hydrogen-bond donors (Lipinski definition) is 1. The minimum absolute atomic E-state index is 0.0822. The summed E-state index contributed by atoms with van der Waals surface area (Å²) in [6.07, 6.45) is 2.17. The van der Waals surface area contributed by atoms with E-state index in [4.69, 9.17) is 4.74 Å². The van der Waals surface area contributed by atoms with E-state index in [2.05, 4.69) is 52.8 Å². The van der Waals surface area contributed by atoms with Gasteiger partial charge in [-0.15, -0.1) is 0 Å². The van der Waals surface area contributed by atoms with E-state index in [0.29, 0.717) is 5.75 Å². The van der Waals surface area contributed by atoms with E-state index in [0.717, 1.165) is 47.5 Å². The van der Waals surface area contributed by atoms with Crippen molar-refractivity contribution in [2.75, 3.05) is 6.61 Å². The first-order valence-corrected chi connectivity index (χ1v) is 8.89. The molecule has 24 heavy (non-hydrogen) atoms. The summed E-state index contributed by atoms with van der Waals surface area (Å²) in [6.45, 7) is 13.3. The van der Waals surface area contributed by atoms with Crippen LogP contribution < -0.4 is 4.74 Å². The Bertz CT molecular complexity index is 716. The molecule has 0 saturated carbocycles. The summed E-state index contributed by atoms with van der Waals surface area (Å²) in [7, 11) is 0. The van der Waals surface area contributed by atoms with E-state index in [1.807, 2.05) is 13.0 Å². The second-order valence-corrected chi connectivity index (χ2v) is 6.94. The van der Waals surface area contributed by atoms with Gasteiger partial charge in [0.2, 0.25) is 0 Å². The van der Waals surface area contributed by atoms with Crippen LogP contribution >= 0.6 is 0 Å². The number of unbranched alkanes of at least 4 members (excludes halogenated alkanes) is 1. The van der Waals surface area contributed by atoms with Gasteiger partial charge in [-0.2, -0.15) is 0 Å². The fourth-order valence-electron chi connectivity index (χ4n) is 3.32. The van der Waals surface area contributed by atoms with Crippen LogP contribution in [0.3, 0.4) is 0 Å². The zero-order valence-corrected chi connectivity index (χ0v) is 15.9. The van der Waals surface area contributed by atoms with Crippen molar-refractivity contribution in [3.05, 3.63) is 57.6 Å². The molecule has 1 atom stereocenters. The minimum atomic E-state index is 0.0822. The Kier molecular flexibility index (Phi) is 5.93. The van der Waals surface area contributed by atoms with Crippen molar-refractivity contribution >= 4 is 0 Å². The summed E-state index contributed by atoms with van der Waals surface area (Å²) in [5.74, 6) is 1.45. The van der Waals surface area contributed by atoms with E-state index < -0.39 is 0 Å². The Labute approximate surface area is 146 Å². The van der Waals surface area contributed by atoms with Gasteiger partial charge in [0.1, 0.15) is 11.5 Å². The lowest BCUT2D eigenvalue weighted by molar-refractivity contribution is 0.303. The molecule has 0 heterocycles. The van der Waals surface area contributed by atoms with Crippen LogP contribution in [0.15, 0.2) is 24.3 Å². The van der Waals surface area contributed by atoms with Gasteiger partial charge in [-0.3, -0.25) is 0 Å². The fraction of sp³-hybridized carbons (Fsp3) is 0.455. The van der Waals surface area contributed by atoms with Crippen LogP contribution in [-0.2, 0) is 0 Å². The lowest BCUT2D eigenvalue weighted by atomic mass is 9.87. The molecule has 2 aromatic rings. The normalized spacial score (nSPS) is 12.2. The predicted octanol–water partition coefficient (Wildman–Crippen LogP) is 5.96. The van der Waals surface area contributed by atoms with E-state index in [1.54, 1.807) is 0 Å². The first-order valence-electron chi connectivity index (χ1n) is 8.89. The number of phenols is 1. The van der Waals surface area contributed by atoms with Crippen LogP contribution in [0.2, 0.25) is 0 Å². The minimum Gasteiger partial charge on any atom is -0.507 e. The smallest absolute Gasteiger partial charge is 0.126 e. The Hall–Kier alpha value is -1.96. The lowest BCUT2D eigenvalue weighted by Crippen LogP contribution is -2.06. The molecule has 130 valence electrons. The van der Waals surface area contributed by atoms with Gasteiger partial charge in [-0.25, -0.2) is 0 Å². The molecule has 1 N–H and O–H groups in total. The Morgan fingerprint density at radius 3 is 2.12 bits per heavy atom. The summed E-state index contributed by atoms with van der Waals surface area (Å²) in [5.41, 5.74) is 6.61. The van der Waals surface area contributed by atoms with E-state index in [1.165, 1.54) is 11.1 Å². The average Bonchev–Trinajstić information content (AvgIpc) is 2.52. The molecule has 0 bridgehead atoms. The number of hydrogen-bond acceptors (Lipinski definition) is 2. The van der Waals surface area contributed by atoms with E-state index in [-0.39, 0.29) is 5.92 Å². The number of benzene rings is 2. The maximum Gasteiger partial charge on any atom is 0.126 e. The van der Waals surface area contributed by atoms with Crippen LogP contribution in [0, 0.1) is 27.7 Å². The SMILES string of the molecule is CCCCOc1c(C)cc(C)cc1C(C)c1cc(C)cc(C)c1O. The lowest BCUT2D eigenvalue weighted by Gasteiger charge is -2.22. The van der Waals surface area contributed by atoms with E-state index >= 15 is 0 Å². The van der Waals surface area contributed by atoms with Crippen molar-refractivity contribution in [1.29, 1.82) is 0 Å². The van der Waals surface area contributed by atoms with Crippen LogP contribution in [0.1, 0.15) is 66.0 Å². The molecule has 2 aromatic carbocycles. The summed E-state index contributed by atoms with van der Waals surface area (Å²) in [6, 6.07) is 8.46. The quantitative estimate of drug-likeness (QED) is 0.664. The molecule has 2 rings (SSSR count). The maximum absolute atomic E-state index is 10.6. The van der Waals surface area contributed by atoms with Gasteiger partial charge in [-0.05, 0) is 45.2 Å². The Morgan fingerprint density at radius 2 is 1.50 bits per heavy atom. The third-order valence-corrected chi connectivity index (χ3v) is 4.60. The summed E-state index contributed by atoms with van der Waals surface area (Å²) in [5, 5.41) is 10.6. The number of aromatic hydroxyl groups is 1. The molecule has 0 saturated heterocycles. The fourth-order valence-corrected chi connectivity index (χ4v) is 3.32. The van der Waals surface area contributed by atoms with Gasteiger partial charge in [0.15, 0.2) is 0 Å². The topological polar surface area (TPSA) is 29.5 Å². The van der Waals surface area contributed by atoms with E-state index in [9.17, 15) is 5.11 Å². The number of phenolic OH excluding ortho intramolecular Hbond substituents is 1. The number of aryl methyl sites for hydroxylation is 4. The van der Waals surface area contributed by atoms with Crippen molar-refractivity contribution in [3.63, 3.8) is 0 Å². The molecule has 1 unspecified atom stereocenters. The maximum atomic E-state index is 10.6. The highest BCUT2D eigenvalue weighted by Crippen LogP contribution is 2.39. The molecule has 0 amide bonds. The van der Waals surface area contributed by atoms with Crippen molar-refractivity contribution < 1.29 is 9.84 Å². The highest BCUT2D eigenvalue weighted by atomic mass is 16.5. The van der Waals surface area contributed by atoms with Crippen molar-refractivity contribution in [3.8, 4) is 11.5 Å². The first-order chi connectivity index (χ1) is 11.3. The molecular weight excluding hydrogens is 296 g/mol. The molecular formula is C22H30O2. The van der Waals surface area contributed by atoms with Gasteiger partial charge < -0.3 is 9.84 Å². The molecule has 0 aromatic heterocycles. The zero-order chi connectivity index (χ0) is 17.9.